The Morgan fingerprint density at radius 2 is 1.57 bits per heavy atom. The first-order valence-electron chi connectivity index (χ1n) is 21.3. The molecule has 0 spiro atoms. The van der Waals surface area contributed by atoms with E-state index in [0.717, 1.165) is 41.9 Å². The number of nitrogen functional groups attached to an aromatic ring is 1. The number of benzene rings is 2. The molecule has 7 aromatic rings. The van der Waals surface area contributed by atoms with Gasteiger partial charge in [-0.25, -0.2) is 9.97 Å². The van der Waals surface area contributed by atoms with E-state index < -0.39 is 5.91 Å². The average Bonchev–Trinajstić information content (AvgIpc) is 4.02. The molecule has 1 saturated heterocycles. The number of amides is 3. The Bertz CT molecular complexity index is 2760. The monoisotopic (exact) mass is 897 g/mol. The first kappa shape index (κ1) is 44.3. The third-order valence-corrected chi connectivity index (χ3v) is 11.1. The van der Waals surface area contributed by atoms with Crippen LogP contribution >= 0.6 is 11.6 Å². The number of carbonyl (C=O) groups is 3. The van der Waals surface area contributed by atoms with E-state index >= 15 is 0 Å². The first-order valence-corrected chi connectivity index (χ1v) is 21.7. The van der Waals surface area contributed by atoms with Crippen molar-refractivity contribution < 1.29 is 18.8 Å². The average molecular weight is 898 g/mol. The molecule has 0 saturated carbocycles. The van der Waals surface area contributed by atoms with Gasteiger partial charge in [-0.1, -0.05) is 48.4 Å². The molecule has 1 aliphatic heterocycles. The number of pyridine rings is 1. The van der Waals surface area contributed by atoms with Crippen molar-refractivity contribution in [3.63, 3.8) is 0 Å². The van der Waals surface area contributed by atoms with Gasteiger partial charge in [0.15, 0.2) is 5.76 Å². The van der Waals surface area contributed by atoms with Crippen LogP contribution in [0, 0.1) is 6.92 Å². The number of fused-ring (bicyclic) bond motifs is 1. The Hall–Kier alpha value is -7.35. The summed E-state index contributed by atoms with van der Waals surface area (Å²) in [6, 6.07) is 18.1. The molecule has 3 amide bonds. The quantitative estimate of drug-likeness (QED) is 0.0560. The second-order valence-electron chi connectivity index (χ2n) is 15.4. The van der Waals surface area contributed by atoms with Gasteiger partial charge in [0, 0.05) is 74.5 Å². The Kier molecular flexibility index (Phi) is 14.2. The van der Waals surface area contributed by atoms with Crippen LogP contribution < -0.4 is 32.3 Å². The maximum absolute atomic E-state index is 13.3. The third-order valence-electron chi connectivity index (χ3n) is 10.7. The Morgan fingerprint density at radius 1 is 0.800 bits per heavy atom. The van der Waals surface area contributed by atoms with Gasteiger partial charge in [0.2, 0.25) is 29.5 Å². The van der Waals surface area contributed by atoms with Crippen molar-refractivity contribution in [3.05, 3.63) is 119 Å². The molecule has 1 fully saturated rings. The van der Waals surface area contributed by atoms with E-state index in [1.165, 1.54) is 30.0 Å². The Balaban J connectivity index is 0.757. The maximum Gasteiger partial charge on any atom is 0.293 e. The molecule has 0 atom stereocenters. The highest BCUT2D eigenvalue weighted by atomic mass is 35.5. The van der Waals surface area contributed by atoms with Crippen LogP contribution in [0.1, 0.15) is 69.9 Å². The van der Waals surface area contributed by atoms with Gasteiger partial charge in [-0.3, -0.25) is 24.3 Å². The number of nitrogens with one attached hydrogen (secondary N) is 5. The number of furan rings is 1. The predicted octanol–water partition coefficient (Wildman–Crippen LogP) is 5.76. The van der Waals surface area contributed by atoms with Crippen LogP contribution in [0.3, 0.4) is 0 Å². The molecule has 7 N–H and O–H groups in total. The molecule has 0 bridgehead atoms. The van der Waals surface area contributed by atoms with E-state index in [0.29, 0.717) is 78.3 Å². The van der Waals surface area contributed by atoms with Gasteiger partial charge in [0.25, 0.3) is 17.6 Å². The van der Waals surface area contributed by atoms with Gasteiger partial charge in [0.05, 0.1) is 17.0 Å². The molecule has 0 radical (unpaired) electrons. The van der Waals surface area contributed by atoms with Crippen LogP contribution in [-0.2, 0) is 17.9 Å². The number of hydrogen-bond donors (Lipinski definition) is 6. The molecular formula is C45H48ClN15O4. The summed E-state index contributed by atoms with van der Waals surface area (Å²) in [5.74, 6) is 0.566. The summed E-state index contributed by atoms with van der Waals surface area (Å²) in [6.45, 7) is 6.68. The topological polar surface area (TPSA) is 248 Å². The molecule has 6 heterocycles. The summed E-state index contributed by atoms with van der Waals surface area (Å²) in [4.78, 5) is 67.2. The molecule has 8 rings (SSSR count). The summed E-state index contributed by atoms with van der Waals surface area (Å²) >= 11 is 6.90. The molecule has 1 aliphatic rings. The van der Waals surface area contributed by atoms with E-state index in [1.807, 2.05) is 37.3 Å². The minimum Gasteiger partial charge on any atom is -0.461 e. The largest absolute Gasteiger partial charge is 0.461 e. The number of nitrogens with two attached hydrogens (primary N) is 1. The number of hydrogen-bond acceptors (Lipinski definition) is 15. The lowest BCUT2D eigenvalue weighted by atomic mass is 9.98. The van der Waals surface area contributed by atoms with Crippen molar-refractivity contribution in [2.45, 2.75) is 52.1 Å². The highest BCUT2D eigenvalue weighted by Gasteiger charge is 2.19. The highest BCUT2D eigenvalue weighted by molar-refractivity contribution is 6.36. The van der Waals surface area contributed by atoms with Gasteiger partial charge in [-0.2, -0.15) is 19.5 Å². The number of likely N-dealkylation sites (tertiary alicyclic amines) is 1. The number of piperidine rings is 1. The fourth-order valence-electron chi connectivity index (χ4n) is 7.31. The lowest BCUT2D eigenvalue weighted by Gasteiger charge is -2.26. The molecule has 65 heavy (non-hydrogen) atoms. The fourth-order valence-corrected chi connectivity index (χ4v) is 7.59. The molecule has 0 unspecified atom stereocenters. The van der Waals surface area contributed by atoms with Gasteiger partial charge in [-0.15, -0.1) is 5.10 Å². The van der Waals surface area contributed by atoms with E-state index in [4.69, 9.17) is 21.8 Å². The standard InChI is InChI=1S/C45H48ClN15O4/c1-28-31(32-10-6-12-34(38(32)46)55-41(63)35-16-15-29(24-51-35)27-60-20-3-2-4-21-60)9-5-11-33(28)54-42(64)40-52-25-30(26-53-40)23-48-18-19-49-37(62)14-7-17-50-44-57-43(47)61-45(58-44)56-39(59-61)36-13-8-22-65-36/h5-6,8-13,15-16,22,24-26,48H,2-4,7,14,17-21,23,27H2,1H3,(H,49,62)(H,54,64)(H,55,63)(H3,47,50,56,57,58,59). The maximum atomic E-state index is 13.3. The van der Waals surface area contributed by atoms with Crippen molar-refractivity contribution in [2.75, 3.05) is 54.4 Å². The first-order chi connectivity index (χ1) is 31.7. The molecule has 5 aromatic heterocycles. The van der Waals surface area contributed by atoms with E-state index in [2.05, 4.69) is 66.5 Å². The van der Waals surface area contributed by atoms with Crippen LogP contribution in [0.25, 0.3) is 28.5 Å². The van der Waals surface area contributed by atoms with Crippen molar-refractivity contribution >= 4 is 58.4 Å². The smallest absolute Gasteiger partial charge is 0.293 e. The summed E-state index contributed by atoms with van der Waals surface area (Å²) < 4.78 is 6.67. The summed E-state index contributed by atoms with van der Waals surface area (Å²) in [5, 5.41) is 19.7. The zero-order valence-corrected chi connectivity index (χ0v) is 36.4. The van der Waals surface area contributed by atoms with Gasteiger partial charge < -0.3 is 36.7 Å². The number of anilines is 4. The lowest BCUT2D eigenvalue weighted by molar-refractivity contribution is -0.121. The predicted molar refractivity (Wildman–Crippen MR) is 246 cm³/mol. The van der Waals surface area contributed by atoms with E-state index in [1.54, 1.807) is 48.9 Å². The Morgan fingerprint density at radius 3 is 2.34 bits per heavy atom. The van der Waals surface area contributed by atoms with E-state index in [9.17, 15) is 14.4 Å². The fraction of sp³-hybridized carbons (Fsp3) is 0.289. The lowest BCUT2D eigenvalue weighted by Crippen LogP contribution is -2.31. The van der Waals surface area contributed by atoms with Crippen molar-refractivity contribution in [1.29, 1.82) is 0 Å². The summed E-state index contributed by atoms with van der Waals surface area (Å²) in [7, 11) is 0. The zero-order valence-electron chi connectivity index (χ0n) is 35.7. The normalized spacial score (nSPS) is 12.8. The molecule has 19 nitrogen and oxygen atoms in total. The van der Waals surface area contributed by atoms with Crippen LogP contribution in [0.4, 0.5) is 23.3 Å². The van der Waals surface area contributed by atoms with E-state index in [-0.39, 0.29) is 35.3 Å². The molecule has 2 aromatic carbocycles. The number of rotatable bonds is 18. The van der Waals surface area contributed by atoms with Crippen LogP contribution in [-0.4, -0.2) is 94.9 Å². The van der Waals surface area contributed by atoms with Gasteiger partial charge >= 0.3 is 0 Å². The SMILES string of the molecule is Cc1c(NC(=O)c2ncc(CNCCNC(=O)CCCNc3nc(N)n4nc(-c5ccco5)nc4n3)cn2)cccc1-c1cccc(NC(=O)c2ccc(CN3CCCCC3)cn2)c1Cl. The minimum atomic E-state index is -0.475. The molecule has 0 aliphatic carbocycles. The number of aromatic nitrogens is 8. The number of nitrogens with zero attached hydrogens (tertiary/aromatic N) is 9. The van der Waals surface area contributed by atoms with Crippen molar-refractivity contribution in [3.8, 4) is 22.7 Å². The Labute approximate surface area is 379 Å². The molecular weight excluding hydrogens is 850 g/mol. The highest BCUT2D eigenvalue weighted by Crippen LogP contribution is 2.37. The van der Waals surface area contributed by atoms with Gasteiger partial charge in [0.1, 0.15) is 5.69 Å². The van der Waals surface area contributed by atoms with Crippen LogP contribution in [0.5, 0.6) is 0 Å². The van der Waals surface area contributed by atoms with Crippen molar-refractivity contribution in [2.24, 2.45) is 0 Å². The van der Waals surface area contributed by atoms with Crippen molar-refractivity contribution in [1.82, 2.24) is 55.1 Å². The van der Waals surface area contributed by atoms with Gasteiger partial charge in [-0.05, 0) is 86.3 Å². The second-order valence-corrected chi connectivity index (χ2v) is 15.8. The summed E-state index contributed by atoms with van der Waals surface area (Å²) in [6.07, 6.45) is 11.0. The van der Waals surface area contributed by atoms with Crippen LogP contribution in [0.2, 0.25) is 5.02 Å². The molecule has 334 valence electrons. The molecule has 20 heteroatoms. The van der Waals surface area contributed by atoms with Crippen LogP contribution in [0.15, 0.2) is 89.9 Å². The minimum absolute atomic E-state index is 0.00417. The third kappa shape index (κ3) is 11.2. The number of halogens is 1. The summed E-state index contributed by atoms with van der Waals surface area (Å²) in [5.41, 5.74) is 11.4. The second kappa shape index (κ2) is 20.9. The number of carbonyl (C=O) groups excluding carboxylic acids is 3. The zero-order chi connectivity index (χ0) is 45.1.